The molecule has 0 heterocycles. The first-order valence-corrected chi connectivity index (χ1v) is 6.41. The molecule has 0 amide bonds. The van der Waals surface area contributed by atoms with E-state index in [9.17, 15) is 0 Å². The van der Waals surface area contributed by atoms with Crippen LogP contribution in [0.5, 0.6) is 0 Å². The Morgan fingerprint density at radius 1 is 1.18 bits per heavy atom. The van der Waals surface area contributed by atoms with Crippen LogP contribution in [0.3, 0.4) is 0 Å². The van der Waals surface area contributed by atoms with Gasteiger partial charge in [-0.05, 0) is 30.4 Å². The van der Waals surface area contributed by atoms with E-state index in [4.69, 9.17) is 10.6 Å². The monoisotopic (exact) mass is 236 g/mol. The summed E-state index contributed by atoms with van der Waals surface area (Å²) in [4.78, 5) is 0. The third kappa shape index (κ3) is 5.31. The van der Waals surface area contributed by atoms with Gasteiger partial charge in [-0.3, -0.25) is 11.3 Å². The molecule has 0 aliphatic heterocycles. The number of nitrogens with two attached hydrogens (primary N) is 1. The highest BCUT2D eigenvalue weighted by Gasteiger charge is 2.07. The molecule has 0 saturated heterocycles. The van der Waals surface area contributed by atoms with E-state index in [0.29, 0.717) is 6.61 Å². The minimum Gasteiger partial charge on any atom is -0.380 e. The molecule has 1 unspecified atom stereocenters. The maximum atomic E-state index is 5.53. The van der Waals surface area contributed by atoms with Crippen LogP contribution in [0.2, 0.25) is 0 Å². The number of ether oxygens (including phenoxy) is 1. The Hall–Kier alpha value is -0.900. The molecular weight excluding hydrogens is 212 g/mol. The Morgan fingerprint density at radius 3 is 2.35 bits per heavy atom. The van der Waals surface area contributed by atoms with Crippen molar-refractivity contribution < 1.29 is 4.74 Å². The Morgan fingerprint density at radius 2 is 1.82 bits per heavy atom. The van der Waals surface area contributed by atoms with Crippen LogP contribution in [-0.4, -0.2) is 19.3 Å². The molecule has 0 saturated carbocycles. The minimum atomic E-state index is 0.189. The molecule has 1 rings (SSSR count). The van der Waals surface area contributed by atoms with Gasteiger partial charge in [0, 0.05) is 12.6 Å². The zero-order valence-corrected chi connectivity index (χ0v) is 10.9. The van der Waals surface area contributed by atoms with Crippen molar-refractivity contribution in [2.45, 2.75) is 39.2 Å². The highest BCUT2D eigenvalue weighted by atomic mass is 16.5. The Bertz CT molecular complexity index is 298. The summed E-state index contributed by atoms with van der Waals surface area (Å²) < 4.78 is 5.51. The summed E-state index contributed by atoms with van der Waals surface area (Å²) in [5.74, 6) is 5.53. The smallest absolute Gasteiger partial charge is 0.0636 e. The zero-order chi connectivity index (χ0) is 12.5. The van der Waals surface area contributed by atoms with Crippen molar-refractivity contribution in [1.29, 1.82) is 0 Å². The van der Waals surface area contributed by atoms with Crippen molar-refractivity contribution in [1.82, 2.24) is 5.43 Å². The number of aryl methyl sites for hydroxylation is 1. The molecule has 17 heavy (non-hydrogen) atoms. The molecule has 0 radical (unpaired) electrons. The predicted octanol–water partition coefficient (Wildman–Crippen LogP) is 2.05. The number of rotatable bonds is 8. The first-order chi connectivity index (χ1) is 8.30. The molecule has 1 atom stereocenters. The van der Waals surface area contributed by atoms with Crippen molar-refractivity contribution in [3.05, 3.63) is 35.4 Å². The van der Waals surface area contributed by atoms with Gasteiger partial charge in [-0.2, -0.15) is 0 Å². The van der Waals surface area contributed by atoms with E-state index in [1.807, 2.05) is 0 Å². The van der Waals surface area contributed by atoms with Crippen LogP contribution in [-0.2, 0) is 17.6 Å². The fourth-order valence-corrected chi connectivity index (χ4v) is 1.73. The van der Waals surface area contributed by atoms with Crippen molar-refractivity contribution in [2.75, 3.05) is 13.2 Å². The Kier molecular flexibility index (Phi) is 6.86. The average molecular weight is 236 g/mol. The first-order valence-electron chi connectivity index (χ1n) is 6.41. The summed E-state index contributed by atoms with van der Waals surface area (Å²) >= 11 is 0. The summed E-state index contributed by atoms with van der Waals surface area (Å²) in [6.07, 6.45) is 3.03. The third-order valence-corrected chi connectivity index (χ3v) is 2.82. The van der Waals surface area contributed by atoms with Gasteiger partial charge in [0.25, 0.3) is 0 Å². The lowest BCUT2D eigenvalue weighted by Crippen LogP contribution is -2.40. The van der Waals surface area contributed by atoms with Gasteiger partial charge < -0.3 is 4.74 Å². The van der Waals surface area contributed by atoms with Crippen molar-refractivity contribution >= 4 is 0 Å². The second-order valence-electron chi connectivity index (χ2n) is 4.31. The van der Waals surface area contributed by atoms with E-state index in [1.165, 1.54) is 11.1 Å². The van der Waals surface area contributed by atoms with Gasteiger partial charge in [-0.25, -0.2) is 0 Å². The van der Waals surface area contributed by atoms with E-state index in [0.717, 1.165) is 25.9 Å². The number of hydrazine groups is 1. The standard InChI is InChI=1S/C14H24N2O/c1-3-9-17-11-14(16-15)10-13-7-5-12(4-2)6-8-13/h5-8,14,16H,3-4,9-11,15H2,1-2H3. The van der Waals surface area contributed by atoms with Gasteiger partial charge in [0.05, 0.1) is 6.61 Å². The van der Waals surface area contributed by atoms with E-state index in [-0.39, 0.29) is 6.04 Å². The first kappa shape index (κ1) is 14.2. The molecule has 96 valence electrons. The quantitative estimate of drug-likeness (QED) is 0.412. The summed E-state index contributed by atoms with van der Waals surface area (Å²) in [5, 5.41) is 0. The summed E-state index contributed by atoms with van der Waals surface area (Å²) in [6, 6.07) is 8.88. The highest BCUT2D eigenvalue weighted by molar-refractivity contribution is 5.23. The van der Waals surface area contributed by atoms with Gasteiger partial charge >= 0.3 is 0 Å². The molecule has 0 bridgehead atoms. The molecule has 3 heteroatoms. The van der Waals surface area contributed by atoms with Crippen LogP contribution in [0.25, 0.3) is 0 Å². The molecular formula is C14H24N2O. The summed E-state index contributed by atoms with van der Waals surface area (Å²) in [5.41, 5.74) is 5.48. The predicted molar refractivity (Wildman–Crippen MR) is 71.7 cm³/mol. The Balaban J connectivity index is 2.43. The van der Waals surface area contributed by atoms with Crippen molar-refractivity contribution in [3.8, 4) is 0 Å². The molecule has 0 aromatic heterocycles. The zero-order valence-electron chi connectivity index (χ0n) is 10.9. The molecule has 0 aliphatic carbocycles. The molecule has 0 spiro atoms. The van der Waals surface area contributed by atoms with Crippen LogP contribution in [0, 0.1) is 0 Å². The lowest BCUT2D eigenvalue weighted by atomic mass is 10.0. The maximum absolute atomic E-state index is 5.53. The van der Waals surface area contributed by atoms with Gasteiger partial charge in [0.15, 0.2) is 0 Å². The number of hydrogen-bond donors (Lipinski definition) is 2. The van der Waals surface area contributed by atoms with Crippen LogP contribution in [0.4, 0.5) is 0 Å². The van der Waals surface area contributed by atoms with Crippen molar-refractivity contribution in [2.24, 2.45) is 5.84 Å². The summed E-state index contributed by atoms with van der Waals surface area (Å²) in [6.45, 7) is 5.74. The molecule has 1 aromatic carbocycles. The third-order valence-electron chi connectivity index (χ3n) is 2.82. The Labute approximate surface area is 104 Å². The van der Waals surface area contributed by atoms with E-state index in [2.05, 4.69) is 43.5 Å². The fourth-order valence-electron chi connectivity index (χ4n) is 1.73. The molecule has 3 nitrogen and oxygen atoms in total. The van der Waals surface area contributed by atoms with Gasteiger partial charge in [0.2, 0.25) is 0 Å². The second kappa shape index (κ2) is 8.23. The average Bonchev–Trinajstić information content (AvgIpc) is 2.38. The number of benzene rings is 1. The molecule has 0 fully saturated rings. The molecule has 1 aromatic rings. The van der Waals surface area contributed by atoms with Crippen LogP contribution >= 0.6 is 0 Å². The maximum Gasteiger partial charge on any atom is 0.0636 e. The second-order valence-corrected chi connectivity index (χ2v) is 4.31. The van der Waals surface area contributed by atoms with Crippen LogP contribution < -0.4 is 11.3 Å². The summed E-state index contributed by atoms with van der Waals surface area (Å²) in [7, 11) is 0. The van der Waals surface area contributed by atoms with E-state index < -0.39 is 0 Å². The normalized spacial score (nSPS) is 12.6. The van der Waals surface area contributed by atoms with Gasteiger partial charge in [-0.1, -0.05) is 38.1 Å². The minimum absolute atomic E-state index is 0.189. The lowest BCUT2D eigenvalue weighted by molar-refractivity contribution is 0.112. The SMILES string of the molecule is CCCOCC(Cc1ccc(CC)cc1)NN. The lowest BCUT2D eigenvalue weighted by Gasteiger charge is -2.16. The molecule has 3 N–H and O–H groups in total. The van der Waals surface area contributed by atoms with E-state index in [1.54, 1.807) is 0 Å². The highest BCUT2D eigenvalue weighted by Crippen LogP contribution is 2.07. The number of nitrogens with one attached hydrogen (secondary N) is 1. The van der Waals surface area contributed by atoms with Crippen LogP contribution in [0.1, 0.15) is 31.4 Å². The molecule has 0 aliphatic rings. The van der Waals surface area contributed by atoms with Crippen molar-refractivity contribution in [3.63, 3.8) is 0 Å². The fraction of sp³-hybridized carbons (Fsp3) is 0.571. The largest absolute Gasteiger partial charge is 0.380 e. The van der Waals surface area contributed by atoms with Gasteiger partial charge in [0.1, 0.15) is 0 Å². The number of hydrogen-bond acceptors (Lipinski definition) is 3. The van der Waals surface area contributed by atoms with E-state index >= 15 is 0 Å². The van der Waals surface area contributed by atoms with Gasteiger partial charge in [-0.15, -0.1) is 0 Å². The van der Waals surface area contributed by atoms with Crippen LogP contribution in [0.15, 0.2) is 24.3 Å². The topological polar surface area (TPSA) is 47.3 Å².